The summed E-state index contributed by atoms with van der Waals surface area (Å²) in [6.45, 7) is -1.07. The molecule has 0 atom stereocenters. The number of nitrogens with zero attached hydrogens (tertiary/aromatic N) is 2. The molecule has 90 valence electrons. The normalized spacial score (nSPS) is 9.41. The highest BCUT2D eigenvalue weighted by molar-refractivity contribution is 5.76. The Kier molecular flexibility index (Phi) is 3.98. The van der Waals surface area contributed by atoms with Crippen LogP contribution in [0, 0.1) is 10.1 Å². The van der Waals surface area contributed by atoms with Crippen LogP contribution in [0.3, 0.4) is 0 Å². The molecule has 0 heterocycles. The van der Waals surface area contributed by atoms with Gasteiger partial charge in [0.25, 0.3) is 0 Å². The van der Waals surface area contributed by atoms with Crippen molar-refractivity contribution in [2.75, 3.05) is 6.54 Å². The Morgan fingerprint density at radius 2 is 1.94 bits per heavy atom. The van der Waals surface area contributed by atoms with Gasteiger partial charge in [0.05, 0.1) is 0 Å². The standard InChI is InChI=1S/C9H8N2O6/c12-8(13)6-10(11(15)16)9(14)17-7-4-2-1-3-5-7/h1-5H,6H2,(H,12,13). The SMILES string of the molecule is O=C(O)CN(C(=O)Oc1ccccc1)[N+](=O)[O-]. The average Bonchev–Trinajstić information content (AvgIpc) is 2.26. The van der Waals surface area contributed by atoms with Crippen LogP contribution >= 0.6 is 0 Å². The van der Waals surface area contributed by atoms with E-state index in [1.54, 1.807) is 18.2 Å². The van der Waals surface area contributed by atoms with Crippen molar-refractivity contribution in [2.24, 2.45) is 0 Å². The van der Waals surface area contributed by atoms with E-state index in [4.69, 9.17) is 5.11 Å². The van der Waals surface area contributed by atoms with E-state index in [-0.39, 0.29) is 10.8 Å². The zero-order valence-corrected chi connectivity index (χ0v) is 8.48. The van der Waals surface area contributed by atoms with Crippen molar-refractivity contribution < 1.29 is 24.5 Å². The van der Waals surface area contributed by atoms with Crippen LogP contribution in [0.2, 0.25) is 0 Å². The largest absolute Gasteiger partial charge is 0.480 e. The van der Waals surface area contributed by atoms with Crippen LogP contribution in [0.15, 0.2) is 30.3 Å². The van der Waals surface area contributed by atoms with Crippen LogP contribution in [0.25, 0.3) is 0 Å². The summed E-state index contributed by atoms with van der Waals surface area (Å²) in [5.41, 5.74) is 0. The molecule has 0 bridgehead atoms. The summed E-state index contributed by atoms with van der Waals surface area (Å²) in [5.74, 6) is -1.42. The minimum Gasteiger partial charge on any atom is -0.480 e. The number of para-hydroxylation sites is 1. The number of amides is 1. The molecule has 0 saturated carbocycles. The van der Waals surface area contributed by atoms with E-state index >= 15 is 0 Å². The van der Waals surface area contributed by atoms with E-state index in [9.17, 15) is 19.7 Å². The maximum atomic E-state index is 11.3. The highest BCUT2D eigenvalue weighted by atomic mass is 16.7. The first-order valence-corrected chi connectivity index (χ1v) is 4.41. The Balaban J connectivity index is 2.72. The fourth-order valence-corrected chi connectivity index (χ4v) is 0.959. The molecule has 1 aromatic rings. The van der Waals surface area contributed by atoms with Crippen molar-refractivity contribution in [1.29, 1.82) is 0 Å². The summed E-state index contributed by atoms with van der Waals surface area (Å²) in [5, 5.41) is 17.6. The molecule has 1 aromatic carbocycles. The van der Waals surface area contributed by atoms with Crippen LogP contribution in [0.5, 0.6) is 5.75 Å². The lowest BCUT2D eigenvalue weighted by molar-refractivity contribution is -0.632. The van der Waals surface area contributed by atoms with Gasteiger partial charge in [0, 0.05) is 0 Å². The topological polar surface area (TPSA) is 110 Å². The fraction of sp³-hybridized carbons (Fsp3) is 0.111. The maximum absolute atomic E-state index is 11.3. The molecule has 0 aromatic heterocycles. The van der Waals surface area contributed by atoms with Gasteiger partial charge >= 0.3 is 12.1 Å². The molecule has 1 N–H and O–H groups in total. The van der Waals surface area contributed by atoms with Crippen molar-refractivity contribution in [3.63, 3.8) is 0 Å². The van der Waals surface area contributed by atoms with Crippen molar-refractivity contribution in [3.05, 3.63) is 40.4 Å². The van der Waals surface area contributed by atoms with Gasteiger partial charge in [0.2, 0.25) is 0 Å². The van der Waals surface area contributed by atoms with Gasteiger partial charge in [-0.25, -0.2) is 14.9 Å². The van der Waals surface area contributed by atoms with E-state index in [1.807, 2.05) is 0 Å². The first-order chi connectivity index (χ1) is 8.00. The highest BCUT2D eigenvalue weighted by Crippen LogP contribution is 2.10. The van der Waals surface area contributed by atoms with E-state index in [1.165, 1.54) is 12.1 Å². The van der Waals surface area contributed by atoms with Crippen molar-refractivity contribution in [1.82, 2.24) is 5.01 Å². The third-order valence-electron chi connectivity index (χ3n) is 1.64. The summed E-state index contributed by atoms with van der Waals surface area (Å²) >= 11 is 0. The molecule has 1 amide bonds. The Morgan fingerprint density at radius 1 is 1.35 bits per heavy atom. The fourth-order valence-electron chi connectivity index (χ4n) is 0.959. The highest BCUT2D eigenvalue weighted by Gasteiger charge is 2.29. The minimum absolute atomic E-state index is 0.0924. The summed E-state index contributed by atoms with van der Waals surface area (Å²) in [7, 11) is 0. The molecular formula is C9H8N2O6. The molecule has 0 unspecified atom stereocenters. The molecule has 8 nitrogen and oxygen atoms in total. The van der Waals surface area contributed by atoms with Gasteiger partial charge in [-0.2, -0.15) is 0 Å². The Hall–Kier alpha value is -2.64. The quantitative estimate of drug-likeness (QED) is 0.614. The number of benzene rings is 1. The molecule has 0 fully saturated rings. The smallest absolute Gasteiger partial charge is 0.474 e. The Labute approximate surface area is 95.1 Å². The predicted octanol–water partition coefficient (Wildman–Crippen LogP) is 0.764. The molecule has 0 saturated heterocycles. The van der Waals surface area contributed by atoms with Gasteiger partial charge in [0.15, 0.2) is 11.6 Å². The lowest BCUT2D eigenvalue weighted by atomic mass is 10.3. The van der Waals surface area contributed by atoms with Crippen molar-refractivity contribution in [2.45, 2.75) is 0 Å². The molecule has 0 radical (unpaired) electrons. The van der Waals surface area contributed by atoms with Crippen LogP contribution in [0.1, 0.15) is 0 Å². The van der Waals surface area contributed by atoms with E-state index in [0.29, 0.717) is 0 Å². The third-order valence-corrected chi connectivity index (χ3v) is 1.64. The van der Waals surface area contributed by atoms with Crippen LogP contribution in [0.4, 0.5) is 4.79 Å². The average molecular weight is 240 g/mol. The van der Waals surface area contributed by atoms with E-state index in [2.05, 4.69) is 4.74 Å². The van der Waals surface area contributed by atoms with Gasteiger partial charge < -0.3 is 9.84 Å². The minimum atomic E-state index is -1.51. The van der Waals surface area contributed by atoms with Gasteiger partial charge in [-0.15, -0.1) is 0 Å². The second-order valence-corrected chi connectivity index (χ2v) is 2.87. The number of carboxylic acids is 1. The van der Waals surface area contributed by atoms with Crippen LogP contribution < -0.4 is 4.74 Å². The monoisotopic (exact) mass is 240 g/mol. The molecule has 8 heteroatoms. The number of carbonyl (C=O) groups excluding carboxylic acids is 1. The number of hydrogen-bond donors (Lipinski definition) is 1. The molecule has 1 rings (SSSR count). The van der Waals surface area contributed by atoms with Crippen LogP contribution in [-0.2, 0) is 4.79 Å². The number of rotatable bonds is 4. The first-order valence-electron chi connectivity index (χ1n) is 4.41. The number of aliphatic carboxylic acids is 1. The second-order valence-electron chi connectivity index (χ2n) is 2.87. The molecular weight excluding hydrogens is 232 g/mol. The Bertz CT molecular complexity index is 432. The van der Waals surface area contributed by atoms with Crippen LogP contribution in [-0.4, -0.2) is 33.8 Å². The Morgan fingerprint density at radius 3 is 2.41 bits per heavy atom. The van der Waals surface area contributed by atoms with E-state index in [0.717, 1.165) is 0 Å². The number of nitro groups is 1. The lowest BCUT2D eigenvalue weighted by Crippen LogP contribution is -2.41. The molecule has 0 aliphatic rings. The predicted molar refractivity (Wildman–Crippen MR) is 53.8 cm³/mol. The summed E-state index contributed by atoms with van der Waals surface area (Å²) in [4.78, 5) is 32.0. The van der Waals surface area contributed by atoms with Gasteiger partial charge in [-0.3, -0.25) is 4.79 Å². The van der Waals surface area contributed by atoms with E-state index < -0.39 is 23.6 Å². The number of hydrazine groups is 1. The molecule has 0 aliphatic heterocycles. The van der Waals surface area contributed by atoms with Gasteiger partial charge in [0.1, 0.15) is 5.75 Å². The zero-order valence-electron chi connectivity index (χ0n) is 8.48. The van der Waals surface area contributed by atoms with Gasteiger partial charge in [-0.05, 0) is 17.1 Å². The molecule has 0 spiro atoms. The van der Waals surface area contributed by atoms with Crippen molar-refractivity contribution in [3.8, 4) is 5.75 Å². The molecule has 17 heavy (non-hydrogen) atoms. The number of carbonyl (C=O) groups is 2. The number of ether oxygens (including phenoxy) is 1. The molecule has 0 aliphatic carbocycles. The first kappa shape index (κ1) is 12.4. The maximum Gasteiger partial charge on any atom is 0.474 e. The number of hydrogen-bond acceptors (Lipinski definition) is 5. The van der Waals surface area contributed by atoms with Gasteiger partial charge in [-0.1, -0.05) is 18.2 Å². The summed E-state index contributed by atoms with van der Waals surface area (Å²) in [6, 6.07) is 7.63. The second kappa shape index (κ2) is 5.45. The summed E-state index contributed by atoms with van der Waals surface area (Å²) < 4.78 is 4.62. The lowest BCUT2D eigenvalue weighted by Gasteiger charge is -2.09. The summed E-state index contributed by atoms with van der Waals surface area (Å²) in [6.07, 6.45) is -1.36. The zero-order chi connectivity index (χ0) is 12.8. The third kappa shape index (κ3) is 3.78. The number of carboxylic acid groups (broad SMARTS) is 1. The van der Waals surface area contributed by atoms with Crippen molar-refractivity contribution >= 4 is 12.1 Å².